The van der Waals surface area contributed by atoms with Gasteiger partial charge in [-0.25, -0.2) is 0 Å². The lowest BCUT2D eigenvalue weighted by Crippen LogP contribution is -2.44. The highest BCUT2D eigenvalue weighted by molar-refractivity contribution is 8.29. The van der Waals surface area contributed by atoms with E-state index < -0.39 is 6.04 Å². The maximum atomic E-state index is 10.1. The average molecular weight is 154 g/mol. The molecule has 2 N–H and O–H groups in total. The third kappa shape index (κ3) is 1.02. The van der Waals surface area contributed by atoms with E-state index in [1.54, 1.807) is 0 Å². The number of carbonyl (C=O) groups excluding carboxylic acids is 2. The van der Waals surface area contributed by atoms with E-state index in [1.165, 1.54) is 0 Å². The molecule has 0 spiro atoms. The van der Waals surface area contributed by atoms with Crippen molar-refractivity contribution in [2.75, 3.05) is 0 Å². The minimum Gasteiger partial charge on any atom is -0.314 e. The Bertz CT molecular complexity index is 123. The second kappa shape index (κ2) is 2.48. The van der Waals surface area contributed by atoms with Gasteiger partial charge in [0, 0.05) is 0 Å². The third-order valence-corrected chi connectivity index (χ3v) is 1.62. The molecule has 0 aromatic carbocycles. The number of nitrogens with two attached hydrogens (primary N) is 1. The molecule has 0 amide bonds. The largest absolute Gasteiger partial charge is 0.314 e. The van der Waals surface area contributed by atoms with E-state index in [-0.39, 0.29) is 22.6 Å². The smallest absolute Gasteiger partial charge is 0.221 e. The Kier molecular flexibility index (Phi) is 2.46. The molecule has 0 bridgehead atoms. The second-order valence-electron chi connectivity index (χ2n) is 1.22. The van der Waals surface area contributed by atoms with Crippen molar-refractivity contribution in [1.82, 2.24) is 0 Å². The summed E-state index contributed by atoms with van der Waals surface area (Å²) in [6.45, 7) is 0. The zero-order chi connectivity index (χ0) is 5.44. The molecule has 3 nitrogen and oxygen atoms in total. The molecule has 8 heavy (non-hydrogen) atoms. The topological polar surface area (TPSA) is 60.2 Å². The average Bonchev–Trinajstić information content (AvgIpc) is 1.68. The van der Waals surface area contributed by atoms with Crippen molar-refractivity contribution in [2.45, 2.75) is 6.04 Å². The molecule has 0 radical (unpaired) electrons. The Morgan fingerprint density at radius 3 is 1.75 bits per heavy atom. The van der Waals surface area contributed by atoms with Crippen molar-refractivity contribution in [3.8, 4) is 0 Å². The van der Waals surface area contributed by atoms with Crippen LogP contribution in [0, 0.1) is 0 Å². The van der Waals surface area contributed by atoms with E-state index in [0.29, 0.717) is 11.8 Å². The molecule has 1 rings (SSSR count). The molecule has 0 aliphatic carbocycles. The van der Waals surface area contributed by atoms with Crippen molar-refractivity contribution in [3.05, 3.63) is 0 Å². The van der Waals surface area contributed by atoms with E-state index in [0.717, 1.165) is 0 Å². The van der Waals surface area contributed by atoms with Crippen molar-refractivity contribution in [1.29, 1.82) is 0 Å². The van der Waals surface area contributed by atoms with Crippen LogP contribution in [-0.2, 0) is 9.59 Å². The number of halogens is 1. The highest BCUT2D eigenvalue weighted by atomic mass is 35.5. The van der Waals surface area contributed by atoms with Crippen LogP contribution in [0.3, 0.4) is 0 Å². The molecule has 0 saturated carbocycles. The van der Waals surface area contributed by atoms with Crippen LogP contribution in [-0.4, -0.2) is 16.3 Å². The third-order valence-electron chi connectivity index (χ3n) is 0.709. The fraction of sp³-hybridized carbons (Fsp3) is 0.333. The fourth-order valence-corrected chi connectivity index (χ4v) is 0.745. The summed E-state index contributed by atoms with van der Waals surface area (Å²) in [7, 11) is 0. The van der Waals surface area contributed by atoms with Gasteiger partial charge in [-0.3, -0.25) is 9.59 Å². The molecule has 1 aliphatic rings. The van der Waals surface area contributed by atoms with Crippen LogP contribution in [0.15, 0.2) is 0 Å². The predicted octanol–water partition coefficient (Wildman–Crippen LogP) is -0.465. The van der Waals surface area contributed by atoms with Gasteiger partial charge in [0.15, 0.2) is 0 Å². The normalized spacial score (nSPS) is 19.6. The minimum absolute atomic E-state index is 0. The van der Waals surface area contributed by atoms with Crippen LogP contribution in [0.2, 0.25) is 0 Å². The van der Waals surface area contributed by atoms with Crippen LogP contribution in [0.4, 0.5) is 0 Å². The SMILES string of the molecule is Cl.NC1C(=O)SC1=O. The Morgan fingerprint density at radius 2 is 1.75 bits per heavy atom. The lowest BCUT2D eigenvalue weighted by molar-refractivity contribution is -0.123. The quantitative estimate of drug-likeness (QED) is 0.479. The Labute approximate surface area is 56.4 Å². The van der Waals surface area contributed by atoms with Crippen molar-refractivity contribution >= 4 is 34.4 Å². The monoisotopic (exact) mass is 153 g/mol. The van der Waals surface area contributed by atoms with Gasteiger partial charge in [0.05, 0.1) is 0 Å². The van der Waals surface area contributed by atoms with Crippen molar-refractivity contribution in [3.63, 3.8) is 0 Å². The van der Waals surface area contributed by atoms with E-state index in [2.05, 4.69) is 0 Å². The second-order valence-corrected chi connectivity index (χ2v) is 2.23. The van der Waals surface area contributed by atoms with Crippen LogP contribution >= 0.6 is 24.2 Å². The summed E-state index contributed by atoms with van der Waals surface area (Å²) in [6.07, 6.45) is 0. The molecule has 0 atom stereocenters. The van der Waals surface area contributed by atoms with Gasteiger partial charge >= 0.3 is 0 Å². The van der Waals surface area contributed by atoms with E-state index in [9.17, 15) is 9.59 Å². The lowest BCUT2D eigenvalue weighted by Gasteiger charge is -2.14. The molecular formula is C3H4ClNO2S. The molecule has 1 fully saturated rings. The number of hydrogen-bond acceptors (Lipinski definition) is 4. The summed E-state index contributed by atoms with van der Waals surface area (Å²) in [5, 5.41) is -0.435. The van der Waals surface area contributed by atoms with Gasteiger partial charge in [-0.2, -0.15) is 0 Å². The first-order valence-corrected chi connectivity index (χ1v) is 2.54. The first-order valence-electron chi connectivity index (χ1n) is 1.73. The standard InChI is InChI=1S/C3H3NO2S.ClH/c4-1-2(5)7-3(1)6;/h1H,4H2;1H. The van der Waals surface area contributed by atoms with E-state index in [1.807, 2.05) is 0 Å². The van der Waals surface area contributed by atoms with E-state index in [4.69, 9.17) is 5.73 Å². The first-order chi connectivity index (χ1) is 3.22. The summed E-state index contributed by atoms with van der Waals surface area (Å²) in [5.74, 6) is 0. The molecule has 46 valence electrons. The number of hydrogen-bond donors (Lipinski definition) is 1. The molecule has 1 saturated heterocycles. The van der Waals surface area contributed by atoms with Gasteiger partial charge in [-0.15, -0.1) is 12.4 Å². The molecule has 0 aromatic rings. The molecule has 1 heterocycles. The lowest BCUT2D eigenvalue weighted by atomic mass is 10.4. The van der Waals surface area contributed by atoms with Gasteiger partial charge < -0.3 is 5.73 Å². The van der Waals surface area contributed by atoms with Crippen molar-refractivity contribution < 1.29 is 9.59 Å². The Morgan fingerprint density at radius 1 is 1.38 bits per heavy atom. The summed E-state index contributed by atoms with van der Waals surface area (Å²) in [5.41, 5.74) is 4.95. The van der Waals surface area contributed by atoms with Gasteiger partial charge in [0.1, 0.15) is 6.04 Å². The van der Waals surface area contributed by atoms with Crippen LogP contribution < -0.4 is 5.73 Å². The van der Waals surface area contributed by atoms with Gasteiger partial charge in [-0.1, -0.05) is 0 Å². The Balaban J connectivity index is 0.000000490. The van der Waals surface area contributed by atoms with Gasteiger partial charge in [0.25, 0.3) is 0 Å². The summed E-state index contributed by atoms with van der Waals surface area (Å²) < 4.78 is 0. The number of rotatable bonds is 0. The number of carbonyl (C=O) groups is 2. The fourth-order valence-electron chi connectivity index (χ4n) is 0.264. The van der Waals surface area contributed by atoms with Crippen LogP contribution in [0.25, 0.3) is 0 Å². The molecule has 0 unspecified atom stereocenters. The maximum absolute atomic E-state index is 10.1. The zero-order valence-corrected chi connectivity index (χ0v) is 5.42. The zero-order valence-electron chi connectivity index (χ0n) is 3.79. The molecule has 5 heteroatoms. The van der Waals surface area contributed by atoms with Gasteiger partial charge in [-0.05, 0) is 11.8 Å². The minimum atomic E-state index is -0.815. The summed E-state index contributed by atoms with van der Waals surface area (Å²) in [4.78, 5) is 20.1. The highest BCUT2D eigenvalue weighted by Gasteiger charge is 2.35. The Hall–Kier alpha value is -0.0600. The number of thioether (sulfide) groups is 1. The molecule has 0 aromatic heterocycles. The van der Waals surface area contributed by atoms with Crippen LogP contribution in [0.5, 0.6) is 0 Å². The van der Waals surface area contributed by atoms with E-state index >= 15 is 0 Å². The van der Waals surface area contributed by atoms with Crippen LogP contribution in [0.1, 0.15) is 0 Å². The highest BCUT2D eigenvalue weighted by Crippen LogP contribution is 2.19. The molecular weight excluding hydrogens is 150 g/mol. The predicted molar refractivity (Wildman–Crippen MR) is 32.8 cm³/mol. The maximum Gasteiger partial charge on any atom is 0.221 e. The van der Waals surface area contributed by atoms with Gasteiger partial charge in [0.2, 0.25) is 10.2 Å². The summed E-state index contributed by atoms with van der Waals surface area (Å²) in [6, 6.07) is -0.815. The van der Waals surface area contributed by atoms with Crippen molar-refractivity contribution in [2.24, 2.45) is 5.73 Å². The summed E-state index contributed by atoms with van der Waals surface area (Å²) >= 11 is 0.689. The first kappa shape index (κ1) is 7.94. The molecule has 1 aliphatic heterocycles.